The van der Waals surface area contributed by atoms with Gasteiger partial charge in [-0.25, -0.2) is 0 Å². The van der Waals surface area contributed by atoms with E-state index in [9.17, 15) is 13.2 Å². The summed E-state index contributed by atoms with van der Waals surface area (Å²) in [4.78, 5) is 11.0. The minimum Gasteiger partial charge on any atom is -0.377 e. The molecule has 0 aliphatic carbocycles. The van der Waals surface area contributed by atoms with Crippen LogP contribution in [0.2, 0.25) is 5.02 Å². The van der Waals surface area contributed by atoms with E-state index >= 15 is 0 Å². The lowest BCUT2D eigenvalue weighted by atomic mass is 10.3. The number of carbonyl (C=O) groups is 1. The lowest BCUT2D eigenvalue weighted by molar-refractivity contribution is -0.114. The highest BCUT2D eigenvalue weighted by molar-refractivity contribution is 9.10. The number of halogens is 2. The Hall–Kier alpha value is -1.57. The third-order valence-corrected chi connectivity index (χ3v) is 4.77. The van der Waals surface area contributed by atoms with Gasteiger partial charge in [0.1, 0.15) is 4.90 Å². The fourth-order valence-corrected chi connectivity index (χ4v) is 3.63. The van der Waals surface area contributed by atoms with Gasteiger partial charge in [0.2, 0.25) is 5.91 Å². The Labute approximate surface area is 141 Å². The SMILES string of the molecule is CC(=O)Nc1ccccc1OS(=O)(=O)c1ccc(Br)cc1Cl. The smallest absolute Gasteiger partial charge is 0.340 e. The number of rotatable bonds is 4. The maximum Gasteiger partial charge on any atom is 0.340 e. The van der Waals surface area contributed by atoms with E-state index in [-0.39, 0.29) is 27.3 Å². The molecule has 1 amide bonds. The summed E-state index contributed by atoms with van der Waals surface area (Å²) in [5, 5.41) is 2.54. The number of benzene rings is 2. The average Bonchev–Trinajstić information content (AvgIpc) is 2.39. The standard InChI is InChI=1S/C14H11BrClNO4S/c1-9(18)17-12-4-2-3-5-13(12)21-22(19,20)14-7-6-10(15)8-11(14)16/h2-8H,1H3,(H,17,18). The Bertz CT molecular complexity index is 823. The van der Waals surface area contributed by atoms with Crippen LogP contribution < -0.4 is 9.50 Å². The van der Waals surface area contributed by atoms with E-state index in [0.29, 0.717) is 4.47 Å². The molecule has 0 unspecified atom stereocenters. The maximum absolute atomic E-state index is 12.3. The van der Waals surface area contributed by atoms with Gasteiger partial charge in [0, 0.05) is 11.4 Å². The first kappa shape index (κ1) is 16.8. The zero-order valence-corrected chi connectivity index (χ0v) is 14.5. The van der Waals surface area contributed by atoms with Crippen molar-refractivity contribution in [2.24, 2.45) is 0 Å². The molecule has 0 aromatic heterocycles. The monoisotopic (exact) mass is 403 g/mol. The fraction of sp³-hybridized carbons (Fsp3) is 0.0714. The molecule has 2 rings (SSSR count). The number of para-hydroxylation sites is 2. The highest BCUT2D eigenvalue weighted by Gasteiger charge is 2.22. The van der Waals surface area contributed by atoms with Crippen LogP contribution in [0, 0.1) is 0 Å². The van der Waals surface area contributed by atoms with Crippen molar-refractivity contribution in [1.29, 1.82) is 0 Å². The molecule has 0 spiro atoms. The van der Waals surface area contributed by atoms with E-state index in [1.54, 1.807) is 18.2 Å². The predicted octanol–water partition coefficient (Wildman–Crippen LogP) is 3.83. The van der Waals surface area contributed by atoms with Gasteiger partial charge in [0.05, 0.1) is 10.7 Å². The molecule has 0 saturated heterocycles. The van der Waals surface area contributed by atoms with Crippen LogP contribution in [0.25, 0.3) is 0 Å². The van der Waals surface area contributed by atoms with Crippen molar-refractivity contribution in [3.8, 4) is 5.75 Å². The molecule has 116 valence electrons. The van der Waals surface area contributed by atoms with Crippen molar-refractivity contribution in [3.05, 3.63) is 52.0 Å². The lowest BCUT2D eigenvalue weighted by Gasteiger charge is -2.12. The molecule has 0 atom stereocenters. The third kappa shape index (κ3) is 4.00. The van der Waals surface area contributed by atoms with Crippen LogP contribution in [0.4, 0.5) is 5.69 Å². The van der Waals surface area contributed by atoms with Crippen molar-refractivity contribution >= 4 is 49.2 Å². The first-order valence-electron chi connectivity index (χ1n) is 6.06. The zero-order chi connectivity index (χ0) is 16.3. The first-order chi connectivity index (χ1) is 10.3. The van der Waals surface area contributed by atoms with Gasteiger partial charge < -0.3 is 9.50 Å². The van der Waals surface area contributed by atoms with Crippen molar-refractivity contribution in [3.63, 3.8) is 0 Å². The van der Waals surface area contributed by atoms with Gasteiger partial charge in [-0.05, 0) is 30.3 Å². The van der Waals surface area contributed by atoms with E-state index in [1.807, 2.05) is 0 Å². The Morgan fingerprint density at radius 1 is 1.23 bits per heavy atom. The number of carbonyl (C=O) groups excluding carboxylic acids is 1. The molecule has 8 heteroatoms. The van der Waals surface area contributed by atoms with Crippen LogP contribution in [-0.2, 0) is 14.9 Å². The van der Waals surface area contributed by atoms with Crippen LogP contribution in [0.1, 0.15) is 6.92 Å². The fourth-order valence-electron chi connectivity index (χ4n) is 1.67. The highest BCUT2D eigenvalue weighted by Crippen LogP contribution is 2.31. The summed E-state index contributed by atoms with van der Waals surface area (Å²) in [6.45, 7) is 1.32. The number of hydrogen-bond acceptors (Lipinski definition) is 4. The van der Waals surface area contributed by atoms with Gasteiger partial charge in [0.25, 0.3) is 0 Å². The van der Waals surface area contributed by atoms with E-state index in [1.165, 1.54) is 31.2 Å². The zero-order valence-electron chi connectivity index (χ0n) is 11.3. The lowest BCUT2D eigenvalue weighted by Crippen LogP contribution is -2.13. The van der Waals surface area contributed by atoms with Crippen LogP contribution >= 0.6 is 27.5 Å². The molecule has 0 fully saturated rings. The minimum atomic E-state index is -4.12. The molecule has 2 aromatic carbocycles. The Morgan fingerprint density at radius 2 is 1.91 bits per heavy atom. The quantitative estimate of drug-likeness (QED) is 0.786. The summed E-state index contributed by atoms with van der Waals surface area (Å²) < 4.78 is 30.4. The van der Waals surface area contributed by atoms with E-state index in [0.717, 1.165) is 0 Å². The Kier molecular flexibility index (Phi) is 5.10. The van der Waals surface area contributed by atoms with E-state index < -0.39 is 10.1 Å². The van der Waals surface area contributed by atoms with Crippen LogP contribution in [0.3, 0.4) is 0 Å². The number of anilines is 1. The molecule has 0 bridgehead atoms. The molecular formula is C14H11BrClNO4S. The van der Waals surface area contributed by atoms with Crippen molar-refractivity contribution in [1.82, 2.24) is 0 Å². The molecule has 5 nitrogen and oxygen atoms in total. The molecule has 0 radical (unpaired) electrons. The van der Waals surface area contributed by atoms with Crippen molar-refractivity contribution in [2.75, 3.05) is 5.32 Å². The second-order valence-corrected chi connectivity index (χ2v) is 7.13. The summed E-state index contributed by atoms with van der Waals surface area (Å²) in [6, 6.07) is 10.6. The molecule has 0 heterocycles. The summed E-state index contributed by atoms with van der Waals surface area (Å²) in [5.41, 5.74) is 0.256. The number of amides is 1. The van der Waals surface area contributed by atoms with Gasteiger partial charge in [-0.3, -0.25) is 4.79 Å². The largest absolute Gasteiger partial charge is 0.377 e. The minimum absolute atomic E-state index is 0.0108. The molecule has 22 heavy (non-hydrogen) atoms. The van der Waals surface area contributed by atoms with Gasteiger partial charge in [-0.1, -0.05) is 39.7 Å². The van der Waals surface area contributed by atoms with Crippen LogP contribution in [0.5, 0.6) is 5.75 Å². The van der Waals surface area contributed by atoms with Gasteiger partial charge in [-0.15, -0.1) is 0 Å². The average molecular weight is 405 g/mol. The second kappa shape index (κ2) is 6.68. The molecule has 0 aliphatic rings. The summed E-state index contributed by atoms with van der Waals surface area (Å²) in [7, 11) is -4.12. The Balaban J connectivity index is 2.39. The molecular weight excluding hydrogens is 394 g/mol. The van der Waals surface area contributed by atoms with Gasteiger partial charge >= 0.3 is 10.1 Å². The van der Waals surface area contributed by atoms with E-state index in [2.05, 4.69) is 21.2 Å². The summed E-state index contributed by atoms with van der Waals surface area (Å²) in [6.07, 6.45) is 0. The van der Waals surface area contributed by atoms with Gasteiger partial charge in [-0.2, -0.15) is 8.42 Å². The van der Waals surface area contributed by atoms with E-state index in [4.69, 9.17) is 15.8 Å². The number of nitrogens with one attached hydrogen (secondary N) is 1. The summed E-state index contributed by atoms with van der Waals surface area (Å²) in [5.74, 6) is -0.327. The van der Waals surface area contributed by atoms with Crippen molar-refractivity contribution in [2.45, 2.75) is 11.8 Å². The highest BCUT2D eigenvalue weighted by atomic mass is 79.9. The molecule has 2 aromatic rings. The molecule has 1 N–H and O–H groups in total. The molecule has 0 aliphatic heterocycles. The Morgan fingerprint density at radius 3 is 2.55 bits per heavy atom. The normalized spacial score (nSPS) is 11.0. The maximum atomic E-state index is 12.3. The summed E-state index contributed by atoms with van der Waals surface area (Å²) >= 11 is 9.15. The topological polar surface area (TPSA) is 72.5 Å². The van der Waals surface area contributed by atoms with Crippen LogP contribution in [-0.4, -0.2) is 14.3 Å². The second-order valence-electron chi connectivity index (χ2n) is 4.29. The first-order valence-corrected chi connectivity index (χ1v) is 8.63. The molecule has 0 saturated carbocycles. The predicted molar refractivity (Wildman–Crippen MR) is 87.7 cm³/mol. The third-order valence-electron chi connectivity index (χ3n) is 2.56. The van der Waals surface area contributed by atoms with Crippen LogP contribution in [0.15, 0.2) is 51.8 Å². The number of hydrogen-bond donors (Lipinski definition) is 1. The van der Waals surface area contributed by atoms with Crippen molar-refractivity contribution < 1.29 is 17.4 Å². The van der Waals surface area contributed by atoms with Gasteiger partial charge in [0.15, 0.2) is 5.75 Å².